The number of nitrogens with zero attached hydrogens (tertiary/aromatic N) is 2. The van der Waals surface area contributed by atoms with Gasteiger partial charge in [0.25, 0.3) is 0 Å². The van der Waals surface area contributed by atoms with Gasteiger partial charge in [0.15, 0.2) is 17.8 Å². The molecule has 2 bridgehead atoms. The van der Waals surface area contributed by atoms with E-state index in [1.165, 1.54) is 12.0 Å². The van der Waals surface area contributed by atoms with Crippen LogP contribution < -0.4 is 0 Å². The molecule has 5 rings (SSSR count). The Morgan fingerprint density at radius 1 is 1.07 bits per heavy atom. The number of oxazole rings is 1. The van der Waals surface area contributed by atoms with Gasteiger partial charge in [-0.05, 0) is 36.6 Å². The molecule has 0 N–H and O–H groups in total. The van der Waals surface area contributed by atoms with Crippen LogP contribution in [0.3, 0.4) is 0 Å². The Hall–Kier alpha value is -2.50. The van der Waals surface area contributed by atoms with Crippen molar-refractivity contribution in [1.29, 1.82) is 0 Å². The second-order valence-electron chi connectivity index (χ2n) is 7.57. The SMILES string of the molecule is O=C(c1ccc2ocnc2c1)C1CC2COCC(C1)N2Cc1ccccc1. The van der Waals surface area contributed by atoms with Crippen molar-refractivity contribution in [2.45, 2.75) is 31.5 Å². The van der Waals surface area contributed by atoms with Crippen LogP contribution in [0, 0.1) is 5.92 Å². The van der Waals surface area contributed by atoms with Gasteiger partial charge in [-0.2, -0.15) is 0 Å². The maximum absolute atomic E-state index is 13.1. The Morgan fingerprint density at radius 2 is 1.85 bits per heavy atom. The highest BCUT2D eigenvalue weighted by molar-refractivity contribution is 6.00. The Bertz CT molecular complexity index is 938. The quantitative estimate of drug-likeness (QED) is 0.663. The minimum Gasteiger partial charge on any atom is -0.443 e. The average Bonchev–Trinajstić information content (AvgIpc) is 3.16. The molecule has 2 atom stereocenters. The van der Waals surface area contributed by atoms with Crippen molar-refractivity contribution >= 4 is 16.9 Å². The monoisotopic (exact) mass is 362 g/mol. The highest BCUT2D eigenvalue weighted by atomic mass is 16.5. The lowest BCUT2D eigenvalue weighted by molar-refractivity contribution is -0.0872. The van der Waals surface area contributed by atoms with Gasteiger partial charge in [-0.15, -0.1) is 0 Å². The van der Waals surface area contributed by atoms with Gasteiger partial charge in [0.05, 0.1) is 13.2 Å². The summed E-state index contributed by atoms with van der Waals surface area (Å²) in [6.07, 6.45) is 3.11. The summed E-state index contributed by atoms with van der Waals surface area (Å²) in [5.41, 5.74) is 3.51. The average molecular weight is 362 g/mol. The number of carbonyl (C=O) groups is 1. The van der Waals surface area contributed by atoms with Gasteiger partial charge in [0.2, 0.25) is 0 Å². The third kappa shape index (κ3) is 3.17. The van der Waals surface area contributed by atoms with Crippen LogP contribution in [0.15, 0.2) is 59.3 Å². The number of benzene rings is 2. The first-order valence-electron chi connectivity index (χ1n) is 9.53. The van der Waals surface area contributed by atoms with Gasteiger partial charge < -0.3 is 9.15 Å². The molecule has 0 amide bonds. The second kappa shape index (κ2) is 6.91. The maximum atomic E-state index is 13.1. The number of hydrogen-bond donors (Lipinski definition) is 0. The van der Waals surface area contributed by atoms with Gasteiger partial charge in [-0.1, -0.05) is 30.3 Å². The van der Waals surface area contributed by atoms with Crippen LogP contribution in [0.4, 0.5) is 0 Å². The summed E-state index contributed by atoms with van der Waals surface area (Å²) in [6, 6.07) is 16.7. The summed E-state index contributed by atoms with van der Waals surface area (Å²) >= 11 is 0. The van der Waals surface area contributed by atoms with Crippen LogP contribution in [-0.2, 0) is 11.3 Å². The molecular formula is C22H22N2O3. The number of fused-ring (bicyclic) bond motifs is 3. The molecule has 2 unspecified atom stereocenters. The zero-order valence-corrected chi connectivity index (χ0v) is 15.1. The second-order valence-corrected chi connectivity index (χ2v) is 7.57. The van der Waals surface area contributed by atoms with Gasteiger partial charge >= 0.3 is 0 Å². The zero-order valence-electron chi connectivity index (χ0n) is 15.1. The van der Waals surface area contributed by atoms with Crippen LogP contribution in [0.1, 0.15) is 28.8 Å². The summed E-state index contributed by atoms with van der Waals surface area (Å²) in [5.74, 6) is 0.261. The zero-order chi connectivity index (χ0) is 18.2. The van der Waals surface area contributed by atoms with Crippen LogP contribution in [-0.4, -0.2) is 41.0 Å². The summed E-state index contributed by atoms with van der Waals surface area (Å²) in [6.45, 7) is 2.33. The van der Waals surface area contributed by atoms with E-state index in [1.807, 2.05) is 24.3 Å². The molecule has 138 valence electrons. The van der Waals surface area contributed by atoms with Crippen LogP contribution >= 0.6 is 0 Å². The summed E-state index contributed by atoms with van der Waals surface area (Å²) in [4.78, 5) is 19.9. The van der Waals surface area contributed by atoms with Crippen LogP contribution in [0.25, 0.3) is 11.1 Å². The van der Waals surface area contributed by atoms with E-state index in [2.05, 4.69) is 34.1 Å². The van der Waals surface area contributed by atoms with E-state index in [9.17, 15) is 4.79 Å². The minimum atomic E-state index is 0.0419. The van der Waals surface area contributed by atoms with Gasteiger partial charge in [-0.25, -0.2) is 4.98 Å². The summed E-state index contributed by atoms with van der Waals surface area (Å²) in [5, 5.41) is 0. The maximum Gasteiger partial charge on any atom is 0.181 e. The number of ketones is 1. The van der Waals surface area contributed by atoms with Gasteiger partial charge in [0, 0.05) is 30.1 Å². The number of carbonyl (C=O) groups excluding carboxylic acids is 1. The lowest BCUT2D eigenvalue weighted by Gasteiger charge is -2.48. The van der Waals surface area contributed by atoms with E-state index < -0.39 is 0 Å². The van der Waals surface area contributed by atoms with Crippen molar-refractivity contribution in [1.82, 2.24) is 9.88 Å². The predicted octanol–water partition coefficient (Wildman–Crippen LogP) is 3.69. The highest BCUT2D eigenvalue weighted by Gasteiger charge is 2.41. The number of piperidine rings is 1. The fourth-order valence-electron chi connectivity index (χ4n) is 4.50. The molecule has 2 saturated heterocycles. The van der Waals surface area contributed by atoms with Crippen LogP contribution in [0.5, 0.6) is 0 Å². The first kappa shape index (κ1) is 16.7. The number of rotatable bonds is 4. The Kier molecular flexibility index (Phi) is 4.26. The summed E-state index contributed by atoms with van der Waals surface area (Å²) in [7, 11) is 0. The Balaban J connectivity index is 1.35. The number of Topliss-reactive ketones (excluding diaryl/α,β-unsaturated/α-hetero) is 1. The molecule has 0 spiro atoms. The predicted molar refractivity (Wildman–Crippen MR) is 101 cm³/mol. The minimum absolute atomic E-state index is 0.0419. The van der Waals surface area contributed by atoms with Crippen molar-refractivity contribution in [3.8, 4) is 0 Å². The summed E-state index contributed by atoms with van der Waals surface area (Å²) < 4.78 is 11.1. The van der Waals surface area contributed by atoms with E-state index in [0.717, 1.165) is 36.0 Å². The molecular weight excluding hydrogens is 340 g/mol. The molecule has 0 saturated carbocycles. The number of ether oxygens (including phenoxy) is 1. The largest absolute Gasteiger partial charge is 0.443 e. The Morgan fingerprint density at radius 3 is 2.63 bits per heavy atom. The lowest BCUT2D eigenvalue weighted by Crippen LogP contribution is -2.57. The van der Waals surface area contributed by atoms with Crippen molar-refractivity contribution in [3.63, 3.8) is 0 Å². The molecule has 3 aromatic rings. The van der Waals surface area contributed by atoms with Gasteiger partial charge in [-0.3, -0.25) is 9.69 Å². The first-order valence-corrected chi connectivity index (χ1v) is 9.53. The molecule has 2 aliphatic heterocycles. The van der Waals surface area contributed by atoms with Crippen molar-refractivity contribution < 1.29 is 13.9 Å². The van der Waals surface area contributed by atoms with E-state index in [4.69, 9.17) is 9.15 Å². The van der Waals surface area contributed by atoms with E-state index in [0.29, 0.717) is 25.3 Å². The number of hydrogen-bond acceptors (Lipinski definition) is 5. The molecule has 0 radical (unpaired) electrons. The normalized spacial score (nSPS) is 25.6. The molecule has 1 aromatic heterocycles. The molecule has 2 fully saturated rings. The Labute approximate surface area is 157 Å². The van der Waals surface area contributed by atoms with Gasteiger partial charge in [0.1, 0.15) is 5.52 Å². The van der Waals surface area contributed by atoms with Crippen LogP contribution in [0.2, 0.25) is 0 Å². The van der Waals surface area contributed by atoms with E-state index in [-0.39, 0.29) is 11.7 Å². The third-order valence-corrected chi connectivity index (χ3v) is 5.87. The van der Waals surface area contributed by atoms with E-state index >= 15 is 0 Å². The molecule has 27 heavy (non-hydrogen) atoms. The van der Waals surface area contributed by atoms with E-state index in [1.54, 1.807) is 0 Å². The standard InChI is InChI=1S/C22H22N2O3/c25-22(16-6-7-21-20(10-16)23-14-27-21)17-8-18-12-26-13-19(9-17)24(18)11-15-4-2-1-3-5-15/h1-7,10,14,17-19H,8-9,11-13H2. The fraction of sp³-hybridized carbons (Fsp3) is 0.364. The molecule has 3 heterocycles. The van der Waals surface area contributed by atoms with Crippen molar-refractivity contribution in [3.05, 3.63) is 66.1 Å². The van der Waals surface area contributed by atoms with Crippen molar-refractivity contribution in [2.24, 2.45) is 5.92 Å². The number of aromatic nitrogens is 1. The first-order chi connectivity index (χ1) is 13.3. The molecule has 5 heteroatoms. The molecule has 2 aromatic carbocycles. The smallest absolute Gasteiger partial charge is 0.181 e. The topological polar surface area (TPSA) is 55.6 Å². The lowest BCUT2D eigenvalue weighted by atomic mass is 9.80. The molecule has 0 aliphatic carbocycles. The number of morpholine rings is 1. The van der Waals surface area contributed by atoms with Crippen molar-refractivity contribution in [2.75, 3.05) is 13.2 Å². The molecule has 5 nitrogen and oxygen atoms in total. The highest BCUT2D eigenvalue weighted by Crippen LogP contribution is 2.35. The molecule has 2 aliphatic rings. The fourth-order valence-corrected chi connectivity index (χ4v) is 4.50. The third-order valence-electron chi connectivity index (χ3n) is 5.87.